The van der Waals surface area contributed by atoms with Gasteiger partial charge in [0.15, 0.2) is 0 Å². The summed E-state index contributed by atoms with van der Waals surface area (Å²) in [7, 11) is 0. The number of allylic oxidation sites excluding steroid dienone is 3. The van der Waals surface area contributed by atoms with Gasteiger partial charge in [-0.1, -0.05) is 18.2 Å². The molecule has 0 fully saturated rings. The number of carbonyl (C=O) groups excluding carboxylic acids is 2. The largest absolute Gasteiger partial charge is 0.480 e. The van der Waals surface area contributed by atoms with Crippen molar-refractivity contribution in [2.45, 2.75) is 6.92 Å². The molecule has 0 heterocycles. The topological polar surface area (TPSA) is 171 Å². The number of carbonyl (C=O) groups is 5. The zero-order chi connectivity index (χ0) is 21.5. The van der Waals surface area contributed by atoms with Gasteiger partial charge in [-0.3, -0.25) is 24.2 Å². The lowest BCUT2D eigenvalue weighted by molar-refractivity contribution is -0.255. The van der Waals surface area contributed by atoms with Crippen LogP contribution in [0.5, 0.6) is 0 Å². The van der Waals surface area contributed by atoms with Gasteiger partial charge in [-0.25, -0.2) is 19.4 Å². The highest BCUT2D eigenvalue weighted by molar-refractivity contribution is 5.83. The summed E-state index contributed by atoms with van der Waals surface area (Å²) in [6.45, 7) is -0.880. The van der Waals surface area contributed by atoms with Crippen LogP contribution in [0.1, 0.15) is 6.92 Å². The Morgan fingerprint density at radius 1 is 0.750 bits per heavy atom. The standard InChI is InChI=1S/C16H22N2O10/c1-2-3-4-5-15(25)27-28-16(26)11-18(10-14(23)24)7-6-17(8-12(19)20)9-13(21)22/h2-5H,6-11H2,1H3,(H,19,20)(H,21,22)(H,23,24)/b3-2+,5-4+. The molecule has 0 aliphatic carbocycles. The van der Waals surface area contributed by atoms with Crippen molar-refractivity contribution in [3.8, 4) is 0 Å². The molecule has 0 aromatic carbocycles. The van der Waals surface area contributed by atoms with Gasteiger partial charge in [0.2, 0.25) is 0 Å². The molecule has 0 bridgehead atoms. The molecule has 0 aliphatic rings. The first-order chi connectivity index (χ1) is 13.1. The molecule has 0 rings (SSSR count). The Balaban J connectivity index is 4.68. The second kappa shape index (κ2) is 13.9. The van der Waals surface area contributed by atoms with Crippen LogP contribution in [0.4, 0.5) is 0 Å². The molecule has 0 saturated carbocycles. The summed E-state index contributed by atoms with van der Waals surface area (Å²) in [5, 5.41) is 26.5. The van der Waals surface area contributed by atoms with E-state index < -0.39 is 56.0 Å². The second-order valence-corrected chi connectivity index (χ2v) is 5.35. The van der Waals surface area contributed by atoms with Crippen molar-refractivity contribution < 1.29 is 49.1 Å². The van der Waals surface area contributed by atoms with Gasteiger partial charge in [0.1, 0.15) is 6.54 Å². The van der Waals surface area contributed by atoms with Gasteiger partial charge >= 0.3 is 29.8 Å². The van der Waals surface area contributed by atoms with E-state index in [4.69, 9.17) is 15.3 Å². The van der Waals surface area contributed by atoms with E-state index in [0.29, 0.717) is 0 Å². The van der Waals surface area contributed by atoms with E-state index in [-0.39, 0.29) is 13.1 Å². The molecule has 0 spiro atoms. The lowest BCUT2D eigenvalue weighted by Crippen LogP contribution is -2.43. The smallest absolute Gasteiger partial charge is 0.379 e. The predicted molar refractivity (Wildman–Crippen MR) is 91.9 cm³/mol. The van der Waals surface area contributed by atoms with E-state index in [9.17, 15) is 24.0 Å². The summed E-state index contributed by atoms with van der Waals surface area (Å²) >= 11 is 0. The summed E-state index contributed by atoms with van der Waals surface area (Å²) < 4.78 is 0. The Morgan fingerprint density at radius 3 is 1.64 bits per heavy atom. The van der Waals surface area contributed by atoms with Gasteiger partial charge in [0.05, 0.1) is 19.6 Å². The molecular weight excluding hydrogens is 380 g/mol. The first kappa shape index (κ1) is 24.8. The average Bonchev–Trinajstić information content (AvgIpc) is 2.56. The Kier molecular flexibility index (Phi) is 12.3. The molecule has 12 nitrogen and oxygen atoms in total. The molecule has 0 amide bonds. The molecule has 0 unspecified atom stereocenters. The normalized spacial score (nSPS) is 11.2. The molecule has 0 aromatic heterocycles. The number of carboxylic acids is 3. The number of nitrogens with zero attached hydrogens (tertiary/aromatic N) is 2. The van der Waals surface area contributed by atoms with Crippen molar-refractivity contribution in [1.29, 1.82) is 0 Å². The zero-order valence-electron chi connectivity index (χ0n) is 15.1. The Morgan fingerprint density at radius 2 is 1.21 bits per heavy atom. The minimum Gasteiger partial charge on any atom is -0.480 e. The van der Waals surface area contributed by atoms with E-state index in [1.807, 2.05) is 0 Å². The van der Waals surface area contributed by atoms with Crippen molar-refractivity contribution in [2.75, 3.05) is 39.3 Å². The van der Waals surface area contributed by atoms with Gasteiger partial charge in [-0.2, -0.15) is 0 Å². The van der Waals surface area contributed by atoms with Crippen LogP contribution < -0.4 is 0 Å². The van der Waals surface area contributed by atoms with Crippen molar-refractivity contribution >= 4 is 29.8 Å². The first-order valence-electron chi connectivity index (χ1n) is 7.94. The van der Waals surface area contributed by atoms with E-state index in [2.05, 4.69) is 9.78 Å². The highest BCUT2D eigenvalue weighted by Gasteiger charge is 2.20. The number of hydrogen-bond acceptors (Lipinski definition) is 9. The molecule has 28 heavy (non-hydrogen) atoms. The third kappa shape index (κ3) is 14.0. The molecule has 156 valence electrons. The van der Waals surface area contributed by atoms with Crippen LogP contribution >= 0.6 is 0 Å². The zero-order valence-corrected chi connectivity index (χ0v) is 15.1. The Hall–Kier alpha value is -3.25. The van der Waals surface area contributed by atoms with Gasteiger partial charge in [0, 0.05) is 19.2 Å². The number of rotatable bonds is 13. The third-order valence-corrected chi connectivity index (χ3v) is 2.91. The maximum Gasteiger partial charge on any atom is 0.379 e. The van der Waals surface area contributed by atoms with Crippen molar-refractivity contribution in [1.82, 2.24) is 9.80 Å². The van der Waals surface area contributed by atoms with Gasteiger partial charge in [-0.15, -0.1) is 0 Å². The number of aliphatic carboxylic acids is 3. The molecule has 3 N–H and O–H groups in total. The summed E-state index contributed by atoms with van der Waals surface area (Å²) in [5.74, 6) is -5.81. The highest BCUT2D eigenvalue weighted by atomic mass is 17.2. The molecule has 0 atom stereocenters. The fraction of sp³-hybridized carbons (Fsp3) is 0.438. The lowest BCUT2D eigenvalue weighted by Gasteiger charge is -2.23. The van der Waals surface area contributed by atoms with Gasteiger partial charge in [-0.05, 0) is 6.92 Å². The van der Waals surface area contributed by atoms with E-state index in [0.717, 1.165) is 15.9 Å². The average molecular weight is 402 g/mol. The molecule has 12 heteroatoms. The molecular formula is C16H22N2O10. The van der Waals surface area contributed by atoms with E-state index in [1.165, 1.54) is 12.2 Å². The number of carboxylic acid groups (broad SMARTS) is 3. The van der Waals surface area contributed by atoms with Gasteiger partial charge < -0.3 is 15.3 Å². The molecule has 0 aromatic rings. The molecule has 0 radical (unpaired) electrons. The summed E-state index contributed by atoms with van der Waals surface area (Å²) in [4.78, 5) is 66.0. The van der Waals surface area contributed by atoms with Gasteiger partial charge in [0.25, 0.3) is 0 Å². The van der Waals surface area contributed by atoms with Crippen molar-refractivity contribution in [3.05, 3.63) is 24.3 Å². The SMILES string of the molecule is C/C=C/C=C/C(=O)OOC(=O)CN(CCN(CC(=O)O)CC(=O)O)CC(=O)O. The van der Waals surface area contributed by atoms with Crippen LogP contribution in [0.2, 0.25) is 0 Å². The fourth-order valence-electron chi connectivity index (χ4n) is 1.85. The summed E-state index contributed by atoms with van der Waals surface area (Å²) in [5.41, 5.74) is 0. The van der Waals surface area contributed by atoms with Crippen LogP contribution in [0.15, 0.2) is 24.3 Å². The van der Waals surface area contributed by atoms with Crippen molar-refractivity contribution in [3.63, 3.8) is 0 Å². The second-order valence-electron chi connectivity index (χ2n) is 5.35. The molecule has 0 aliphatic heterocycles. The van der Waals surface area contributed by atoms with Crippen LogP contribution in [-0.2, 0) is 33.7 Å². The van der Waals surface area contributed by atoms with E-state index in [1.54, 1.807) is 13.0 Å². The highest BCUT2D eigenvalue weighted by Crippen LogP contribution is 1.96. The first-order valence-corrected chi connectivity index (χ1v) is 7.94. The quantitative estimate of drug-likeness (QED) is 0.148. The van der Waals surface area contributed by atoms with Crippen LogP contribution in [-0.4, -0.2) is 94.2 Å². The summed E-state index contributed by atoms with van der Waals surface area (Å²) in [6.07, 6.45) is 5.54. The third-order valence-electron chi connectivity index (χ3n) is 2.91. The van der Waals surface area contributed by atoms with Crippen molar-refractivity contribution in [2.24, 2.45) is 0 Å². The maximum absolute atomic E-state index is 11.7. The predicted octanol–water partition coefficient (Wildman–Crippen LogP) is -1.02. The van der Waals surface area contributed by atoms with Crippen LogP contribution in [0.3, 0.4) is 0 Å². The maximum atomic E-state index is 11.7. The Bertz CT molecular complexity index is 613. The Labute approximate surface area is 160 Å². The minimum atomic E-state index is -1.28. The fourth-order valence-corrected chi connectivity index (χ4v) is 1.85. The number of hydrogen-bond donors (Lipinski definition) is 3. The lowest BCUT2D eigenvalue weighted by atomic mass is 10.4. The van der Waals surface area contributed by atoms with Crippen LogP contribution in [0, 0.1) is 0 Å². The molecule has 0 saturated heterocycles. The van der Waals surface area contributed by atoms with E-state index >= 15 is 0 Å². The summed E-state index contributed by atoms with van der Waals surface area (Å²) in [6, 6.07) is 0. The van der Waals surface area contributed by atoms with Crippen LogP contribution in [0.25, 0.3) is 0 Å². The minimum absolute atomic E-state index is 0.134. The monoisotopic (exact) mass is 402 g/mol.